The van der Waals surface area contributed by atoms with Crippen LogP contribution in [-0.4, -0.2) is 75.0 Å². The van der Waals surface area contributed by atoms with E-state index in [0.717, 1.165) is 0 Å². The topological polar surface area (TPSA) is 126 Å². The Labute approximate surface area is 178 Å². The third kappa shape index (κ3) is 6.01. The van der Waals surface area contributed by atoms with E-state index in [-0.39, 0.29) is 36.7 Å². The molecule has 0 fully saturated rings. The van der Waals surface area contributed by atoms with E-state index in [1.165, 1.54) is 4.90 Å². The first-order valence-corrected chi connectivity index (χ1v) is 10.6. The fourth-order valence-corrected chi connectivity index (χ4v) is 3.58. The van der Waals surface area contributed by atoms with Crippen molar-refractivity contribution in [2.45, 2.75) is 65.6 Å². The molecular formula is C20H35N7O3. The Morgan fingerprint density at radius 1 is 1.27 bits per heavy atom. The quantitative estimate of drug-likeness (QED) is 0.719. The van der Waals surface area contributed by atoms with E-state index in [2.05, 4.69) is 29.2 Å². The third-order valence-electron chi connectivity index (χ3n) is 5.42. The van der Waals surface area contributed by atoms with Crippen LogP contribution in [0.5, 0.6) is 0 Å². The van der Waals surface area contributed by atoms with E-state index in [4.69, 9.17) is 5.73 Å². The van der Waals surface area contributed by atoms with E-state index in [0.29, 0.717) is 50.0 Å². The zero-order chi connectivity index (χ0) is 22.4. The number of amides is 3. The van der Waals surface area contributed by atoms with Gasteiger partial charge in [0.1, 0.15) is 17.7 Å². The molecule has 0 saturated carbocycles. The Morgan fingerprint density at radius 3 is 2.60 bits per heavy atom. The summed E-state index contributed by atoms with van der Waals surface area (Å²) < 4.78 is 1.77. The number of aromatic nitrogens is 3. The minimum Gasteiger partial charge on any atom is -0.344 e. The molecule has 3 N–H and O–H groups in total. The summed E-state index contributed by atoms with van der Waals surface area (Å²) >= 11 is 0. The first-order chi connectivity index (χ1) is 14.1. The van der Waals surface area contributed by atoms with Crippen LogP contribution in [0.15, 0.2) is 0 Å². The lowest BCUT2D eigenvalue weighted by atomic mass is 10.0. The van der Waals surface area contributed by atoms with Crippen molar-refractivity contribution in [3.05, 3.63) is 11.6 Å². The number of nitrogens with zero attached hydrogens (tertiary/aromatic N) is 5. The number of aryl methyl sites for hydroxylation is 1. The number of carbonyl (C=O) groups excluding carboxylic acids is 3. The summed E-state index contributed by atoms with van der Waals surface area (Å²) in [5, 5.41) is 7.55. The molecule has 0 radical (unpaired) electrons. The van der Waals surface area contributed by atoms with Crippen molar-refractivity contribution in [3.63, 3.8) is 0 Å². The van der Waals surface area contributed by atoms with Gasteiger partial charge in [0.2, 0.25) is 17.7 Å². The molecule has 0 aromatic carbocycles. The van der Waals surface area contributed by atoms with Crippen LogP contribution in [0.3, 0.4) is 0 Å². The second kappa shape index (κ2) is 10.5. The predicted molar refractivity (Wildman–Crippen MR) is 112 cm³/mol. The van der Waals surface area contributed by atoms with Crippen LogP contribution in [0, 0.1) is 12.8 Å². The molecule has 2 rings (SSSR count). The second-order valence-corrected chi connectivity index (χ2v) is 8.30. The van der Waals surface area contributed by atoms with Gasteiger partial charge in [-0.1, -0.05) is 13.8 Å². The van der Waals surface area contributed by atoms with E-state index >= 15 is 0 Å². The standard InChI is InChI=1S/C20H35N7O3/c1-13(2)11-16-19-22-15(4)24-27(19)10-9-26(18(29)12-21)8-6-7-17(28)25(5)14(3)20(30)23-16/h13-14,16H,6-12,21H2,1-5H3,(H,23,30)/t14-,16?/m0/s1. The molecule has 0 bridgehead atoms. The van der Waals surface area contributed by atoms with Crippen LogP contribution in [0.1, 0.15) is 57.7 Å². The SMILES string of the molecule is Cc1nc2n(n1)CCN(C(=O)CN)CCCC(=O)N(C)[C@@H](C)C(=O)NC2CC(C)C. The number of rotatable bonds is 3. The van der Waals surface area contributed by atoms with Gasteiger partial charge in [-0.3, -0.25) is 14.4 Å². The number of fused-ring (bicyclic) bond motifs is 1. The van der Waals surface area contributed by atoms with Crippen molar-refractivity contribution in [3.8, 4) is 0 Å². The molecule has 0 aliphatic carbocycles. The van der Waals surface area contributed by atoms with Crippen molar-refractivity contribution in [1.82, 2.24) is 29.9 Å². The largest absolute Gasteiger partial charge is 0.344 e. The van der Waals surface area contributed by atoms with Crippen LogP contribution in [0.25, 0.3) is 0 Å². The Bertz CT molecular complexity index is 762. The molecule has 1 aliphatic rings. The van der Waals surface area contributed by atoms with Crippen molar-refractivity contribution < 1.29 is 14.4 Å². The van der Waals surface area contributed by atoms with Gasteiger partial charge < -0.3 is 20.9 Å². The number of nitrogens with one attached hydrogen (secondary N) is 1. The van der Waals surface area contributed by atoms with Crippen molar-refractivity contribution in [1.29, 1.82) is 0 Å². The fourth-order valence-electron chi connectivity index (χ4n) is 3.58. The smallest absolute Gasteiger partial charge is 0.243 e. The maximum Gasteiger partial charge on any atom is 0.243 e. The van der Waals surface area contributed by atoms with Crippen LogP contribution in [-0.2, 0) is 20.9 Å². The maximum atomic E-state index is 12.9. The van der Waals surface area contributed by atoms with Crippen molar-refractivity contribution in [2.24, 2.45) is 11.7 Å². The molecule has 2 atom stereocenters. The number of carbonyl (C=O) groups is 3. The fraction of sp³-hybridized carbons (Fsp3) is 0.750. The lowest BCUT2D eigenvalue weighted by Gasteiger charge is -2.29. The van der Waals surface area contributed by atoms with E-state index in [9.17, 15) is 14.4 Å². The molecule has 1 unspecified atom stereocenters. The molecule has 0 saturated heterocycles. The van der Waals surface area contributed by atoms with Gasteiger partial charge in [0, 0.05) is 26.6 Å². The molecule has 3 amide bonds. The van der Waals surface area contributed by atoms with Gasteiger partial charge in [-0.2, -0.15) is 5.10 Å². The van der Waals surface area contributed by atoms with Gasteiger partial charge in [0.15, 0.2) is 0 Å². The van der Waals surface area contributed by atoms with Gasteiger partial charge in [0.05, 0.1) is 19.1 Å². The lowest BCUT2D eigenvalue weighted by Crippen LogP contribution is -2.48. The monoisotopic (exact) mass is 421 g/mol. The summed E-state index contributed by atoms with van der Waals surface area (Å²) in [6.07, 6.45) is 1.44. The van der Waals surface area contributed by atoms with Crippen molar-refractivity contribution >= 4 is 17.7 Å². The Hall–Kier alpha value is -2.49. The summed E-state index contributed by atoms with van der Waals surface area (Å²) in [6, 6.07) is -0.958. The molecule has 1 aliphatic heterocycles. The first-order valence-electron chi connectivity index (χ1n) is 10.6. The second-order valence-electron chi connectivity index (χ2n) is 8.30. The third-order valence-corrected chi connectivity index (χ3v) is 5.42. The summed E-state index contributed by atoms with van der Waals surface area (Å²) in [5.74, 6) is 1.06. The molecule has 30 heavy (non-hydrogen) atoms. The molecular weight excluding hydrogens is 386 g/mol. The molecule has 2 heterocycles. The van der Waals surface area contributed by atoms with E-state index in [1.54, 1.807) is 30.5 Å². The summed E-state index contributed by atoms with van der Waals surface area (Å²) in [7, 11) is 1.63. The zero-order valence-electron chi connectivity index (χ0n) is 18.7. The number of hydrogen-bond donors (Lipinski definition) is 2. The van der Waals surface area contributed by atoms with Gasteiger partial charge in [-0.15, -0.1) is 0 Å². The van der Waals surface area contributed by atoms with Gasteiger partial charge in [0.25, 0.3) is 0 Å². The van der Waals surface area contributed by atoms with Gasteiger partial charge in [-0.05, 0) is 32.6 Å². The average molecular weight is 422 g/mol. The van der Waals surface area contributed by atoms with Gasteiger partial charge >= 0.3 is 0 Å². The number of likely N-dealkylation sites (N-methyl/N-ethyl adjacent to an activating group) is 1. The Morgan fingerprint density at radius 2 is 1.97 bits per heavy atom. The maximum absolute atomic E-state index is 12.9. The predicted octanol–water partition coefficient (Wildman–Crippen LogP) is 0.218. The molecule has 0 spiro atoms. The normalized spacial score (nSPS) is 22.0. The van der Waals surface area contributed by atoms with Crippen LogP contribution in [0.4, 0.5) is 0 Å². The van der Waals surface area contributed by atoms with E-state index < -0.39 is 6.04 Å². The molecule has 10 heteroatoms. The number of nitrogens with two attached hydrogens (primary N) is 1. The minimum absolute atomic E-state index is 0.0832. The lowest BCUT2D eigenvalue weighted by molar-refractivity contribution is -0.139. The van der Waals surface area contributed by atoms with Crippen molar-refractivity contribution in [2.75, 3.05) is 26.7 Å². The minimum atomic E-state index is -0.616. The highest BCUT2D eigenvalue weighted by Crippen LogP contribution is 2.21. The molecule has 10 nitrogen and oxygen atoms in total. The molecule has 1 aromatic heterocycles. The van der Waals surface area contributed by atoms with Gasteiger partial charge in [-0.25, -0.2) is 9.67 Å². The van der Waals surface area contributed by atoms with Crippen LogP contribution < -0.4 is 11.1 Å². The first kappa shape index (κ1) is 23.8. The highest BCUT2D eigenvalue weighted by Gasteiger charge is 2.28. The summed E-state index contributed by atoms with van der Waals surface area (Å²) in [4.78, 5) is 45.4. The molecule has 1 aromatic rings. The molecule has 168 valence electrons. The summed E-state index contributed by atoms with van der Waals surface area (Å²) in [6.45, 7) is 8.86. The highest BCUT2D eigenvalue weighted by atomic mass is 16.2. The van der Waals surface area contributed by atoms with E-state index in [1.807, 2.05) is 0 Å². The van der Waals surface area contributed by atoms with Crippen LogP contribution in [0.2, 0.25) is 0 Å². The van der Waals surface area contributed by atoms with Crippen LogP contribution >= 0.6 is 0 Å². The Kier molecular flexibility index (Phi) is 8.33. The Balaban J connectivity index is 2.41. The zero-order valence-corrected chi connectivity index (χ0v) is 18.7. The highest BCUT2D eigenvalue weighted by molar-refractivity contribution is 5.87. The number of hydrogen-bond acceptors (Lipinski definition) is 6. The average Bonchev–Trinajstić information content (AvgIpc) is 3.07. The summed E-state index contributed by atoms with van der Waals surface area (Å²) in [5.41, 5.74) is 5.57.